The van der Waals surface area contributed by atoms with E-state index in [9.17, 15) is 0 Å². The van der Waals surface area contributed by atoms with E-state index in [1.54, 1.807) is 0 Å². The molecule has 0 unspecified atom stereocenters. The Hall–Kier alpha value is -0.260. The van der Waals surface area contributed by atoms with Crippen molar-refractivity contribution in [2.24, 2.45) is 0 Å². The molecular weight excluding hydrogens is 83.1 g/mol. The zero-order valence-corrected chi connectivity index (χ0v) is 5.49. The molecule has 0 spiro atoms. The lowest BCUT2D eigenvalue weighted by molar-refractivity contribution is 0.948. The van der Waals surface area contributed by atoms with Gasteiger partial charge in [0.1, 0.15) is 0 Å². The smallest absolute Gasteiger partial charge is 0.0351 e. The molecule has 0 atom stereocenters. The van der Waals surface area contributed by atoms with Crippen LogP contribution >= 0.6 is 0 Å². The van der Waals surface area contributed by atoms with E-state index in [1.165, 1.54) is 18.4 Å². The third-order valence-corrected chi connectivity index (χ3v) is 0.841. The summed E-state index contributed by atoms with van der Waals surface area (Å²) < 4.78 is 0. The predicted octanol–water partition coefficient (Wildman–Crippen LogP) is 2.75. The Morgan fingerprint density at radius 1 is 1.43 bits per heavy atom. The summed E-state index contributed by atoms with van der Waals surface area (Å²) in [6, 6.07) is 0. The molecule has 0 saturated heterocycles. The molecule has 0 heterocycles. The summed E-state index contributed by atoms with van der Waals surface area (Å²) in [6.07, 6.45) is 4.77. The number of unbranched alkanes of at least 4 members (excludes halogenated alkanes) is 1. The summed E-state index contributed by atoms with van der Waals surface area (Å²) in [4.78, 5) is 0. The van der Waals surface area contributed by atoms with Gasteiger partial charge in [0.15, 0.2) is 0 Å². The molecular formula is C7H14. The molecule has 0 N–H and O–H groups in total. The Labute approximate surface area is 46.2 Å². The Bertz CT molecular complexity index is 56.4. The van der Waals surface area contributed by atoms with Crippen LogP contribution in [0.25, 0.3) is 0 Å². The third-order valence-electron chi connectivity index (χ3n) is 0.841. The largest absolute Gasteiger partial charge is 0.0859 e. The molecule has 0 aliphatic heterocycles. The van der Waals surface area contributed by atoms with Gasteiger partial charge >= 0.3 is 0 Å². The molecule has 0 heteroatoms. The minimum Gasteiger partial charge on any atom is -0.0859 e. The minimum atomic E-state index is 1.24. The molecule has 7 heavy (non-hydrogen) atoms. The van der Waals surface area contributed by atoms with Crippen LogP contribution in [0.4, 0.5) is 0 Å². The van der Waals surface area contributed by atoms with E-state index in [0.29, 0.717) is 0 Å². The zero-order valence-electron chi connectivity index (χ0n) is 5.49. The van der Waals surface area contributed by atoms with Crippen molar-refractivity contribution in [3.8, 4) is 0 Å². The highest BCUT2D eigenvalue weighted by Crippen LogP contribution is 1.94. The van der Waals surface area contributed by atoms with Gasteiger partial charge in [-0.15, -0.1) is 0 Å². The van der Waals surface area contributed by atoms with Crippen LogP contribution in [0.3, 0.4) is 0 Å². The van der Waals surface area contributed by atoms with Crippen molar-refractivity contribution < 1.29 is 0 Å². The first kappa shape index (κ1) is 6.74. The van der Waals surface area contributed by atoms with E-state index in [-0.39, 0.29) is 0 Å². The molecule has 0 fully saturated rings. The van der Waals surface area contributed by atoms with Crippen LogP contribution in [-0.2, 0) is 0 Å². The van der Waals surface area contributed by atoms with Crippen LogP contribution < -0.4 is 0 Å². The summed E-state index contributed by atoms with van der Waals surface area (Å²) in [5, 5.41) is 0. The first-order valence-corrected chi connectivity index (χ1v) is 2.90. The number of allylic oxidation sites excluding steroid dienone is 2. The van der Waals surface area contributed by atoms with Crippen molar-refractivity contribution in [3.63, 3.8) is 0 Å². The molecule has 0 radical (unpaired) electrons. The topological polar surface area (TPSA) is 0 Å². The number of hydrogen-bond acceptors (Lipinski definition) is 0. The van der Waals surface area contributed by atoms with Crippen molar-refractivity contribution in [1.29, 1.82) is 0 Å². The average molecular weight is 97.2 g/mol. The maximum atomic E-state index is 2.26. The van der Waals surface area contributed by atoms with Crippen LogP contribution in [0.1, 0.15) is 33.6 Å². The van der Waals surface area contributed by atoms with E-state index in [4.69, 9.17) is 0 Å². The van der Waals surface area contributed by atoms with Crippen LogP contribution in [-0.4, -0.2) is 0 Å². The van der Waals surface area contributed by atoms with Gasteiger partial charge < -0.3 is 0 Å². The average Bonchev–Trinajstić information content (AvgIpc) is 1.61. The molecule has 0 aliphatic carbocycles. The highest BCUT2D eigenvalue weighted by Gasteiger charge is 1.73. The van der Waals surface area contributed by atoms with Crippen LogP contribution in [0.15, 0.2) is 11.6 Å². The first-order valence-electron chi connectivity index (χ1n) is 2.90. The lowest BCUT2D eigenvalue weighted by atomic mass is 10.0. The minimum absolute atomic E-state index is 1.24. The van der Waals surface area contributed by atoms with Crippen molar-refractivity contribution in [2.75, 3.05) is 0 Å². The summed E-state index contributed by atoms with van der Waals surface area (Å²) in [7, 11) is 0. The standard InChI is InChI=1S/C7H14/c1-4-5-6-7(2)3/h6H,4-5H2,1-3H3/i2-1/b7-6-. The van der Waals surface area contributed by atoms with Crippen molar-refractivity contribution >= 4 is 0 Å². The van der Waals surface area contributed by atoms with Gasteiger partial charge in [0, 0.05) is 0 Å². The van der Waals surface area contributed by atoms with Gasteiger partial charge in [0.2, 0.25) is 0 Å². The molecule has 0 aromatic heterocycles. The van der Waals surface area contributed by atoms with Crippen molar-refractivity contribution in [1.82, 2.24) is 0 Å². The van der Waals surface area contributed by atoms with Gasteiger partial charge in [-0.3, -0.25) is 0 Å². The Kier molecular flexibility index (Phi) is 3.77. The number of rotatable bonds is 2. The SMILES string of the molecule is CCC/C=C(\C)[11CH3]. The van der Waals surface area contributed by atoms with Crippen LogP contribution in [0.5, 0.6) is 0 Å². The summed E-state index contributed by atoms with van der Waals surface area (Å²) in [5.41, 5.74) is 1.43. The van der Waals surface area contributed by atoms with E-state index >= 15 is 0 Å². The maximum absolute atomic E-state index is 2.26. The molecule has 42 valence electrons. The van der Waals surface area contributed by atoms with Crippen LogP contribution in [0.2, 0.25) is 0 Å². The highest BCUT2D eigenvalue weighted by atomic mass is 13.8. The fourth-order valence-electron chi connectivity index (χ4n) is 0.433. The molecule has 0 nitrogen and oxygen atoms in total. The molecule has 0 amide bonds. The van der Waals surface area contributed by atoms with Gasteiger partial charge in [-0.2, -0.15) is 0 Å². The van der Waals surface area contributed by atoms with E-state index in [2.05, 4.69) is 26.8 Å². The quantitative estimate of drug-likeness (QED) is 0.465. The van der Waals surface area contributed by atoms with Gasteiger partial charge in [-0.25, -0.2) is 0 Å². The molecule has 0 aliphatic rings. The van der Waals surface area contributed by atoms with E-state index in [1.807, 2.05) is 0 Å². The second kappa shape index (κ2) is 3.91. The third kappa shape index (κ3) is 5.74. The zero-order chi connectivity index (χ0) is 5.70. The Balaban J connectivity index is 3.08. The molecule has 0 saturated carbocycles. The highest BCUT2D eigenvalue weighted by molar-refractivity contribution is 4.92. The normalized spacial score (nSPS) is 12.1. The summed E-state index contributed by atoms with van der Waals surface area (Å²) in [5.74, 6) is 0. The molecule has 0 rings (SSSR count). The predicted molar refractivity (Wildman–Crippen MR) is 34.3 cm³/mol. The van der Waals surface area contributed by atoms with Gasteiger partial charge in [0.05, 0.1) is 0 Å². The molecule has 0 bridgehead atoms. The monoisotopic (exact) mass is 97.1 g/mol. The van der Waals surface area contributed by atoms with Gasteiger partial charge in [-0.05, 0) is 20.3 Å². The summed E-state index contributed by atoms with van der Waals surface area (Å²) >= 11 is 0. The number of hydrogen-bond donors (Lipinski definition) is 0. The van der Waals surface area contributed by atoms with E-state index < -0.39 is 0 Å². The summed E-state index contributed by atoms with van der Waals surface area (Å²) in [6.45, 7) is 6.46. The Morgan fingerprint density at radius 2 is 2.00 bits per heavy atom. The fourth-order valence-corrected chi connectivity index (χ4v) is 0.433. The first-order chi connectivity index (χ1) is 3.27. The molecule has 0 aromatic carbocycles. The Morgan fingerprint density at radius 3 is 2.14 bits per heavy atom. The lowest BCUT2D eigenvalue weighted by Gasteiger charge is -1.85. The van der Waals surface area contributed by atoms with Crippen molar-refractivity contribution in [2.45, 2.75) is 33.6 Å². The fraction of sp³-hybridized carbons (Fsp3) is 0.714. The van der Waals surface area contributed by atoms with Crippen LogP contribution in [0, 0.1) is 0 Å². The second-order valence-electron chi connectivity index (χ2n) is 2.07. The van der Waals surface area contributed by atoms with E-state index in [0.717, 1.165) is 0 Å². The van der Waals surface area contributed by atoms with Crippen molar-refractivity contribution in [3.05, 3.63) is 11.6 Å². The second-order valence-corrected chi connectivity index (χ2v) is 2.07. The van der Waals surface area contributed by atoms with Gasteiger partial charge in [-0.1, -0.05) is 25.0 Å². The maximum Gasteiger partial charge on any atom is -0.0351 e. The molecule has 0 aromatic rings. The lowest BCUT2D eigenvalue weighted by Crippen LogP contribution is -1.64. The van der Waals surface area contributed by atoms with Gasteiger partial charge in [0.25, 0.3) is 0 Å².